The van der Waals surface area contributed by atoms with Crippen molar-refractivity contribution in [3.63, 3.8) is 0 Å². The fourth-order valence-electron chi connectivity index (χ4n) is 3.49. The van der Waals surface area contributed by atoms with E-state index in [1.165, 1.54) is 0 Å². The summed E-state index contributed by atoms with van der Waals surface area (Å²) in [6.07, 6.45) is 2.62. The molecule has 2 N–H and O–H groups in total. The lowest BCUT2D eigenvalue weighted by molar-refractivity contribution is -0.151. The lowest BCUT2D eigenvalue weighted by atomic mass is 9.89. The van der Waals surface area contributed by atoms with E-state index in [9.17, 15) is 9.59 Å². The zero-order valence-electron chi connectivity index (χ0n) is 16.9. The first-order valence-electron chi connectivity index (χ1n) is 9.88. The van der Waals surface area contributed by atoms with Gasteiger partial charge < -0.3 is 29.6 Å². The van der Waals surface area contributed by atoms with E-state index in [0.717, 1.165) is 19.3 Å². The van der Waals surface area contributed by atoms with Crippen molar-refractivity contribution in [1.29, 1.82) is 0 Å². The van der Waals surface area contributed by atoms with Crippen LogP contribution in [0.3, 0.4) is 0 Å². The Morgan fingerprint density at radius 2 is 2.17 bits per heavy atom. The number of carbonyl (C=O) groups excluding carboxylic acids is 2. The smallest absolute Gasteiger partial charge is 0.319 e. The Balaban J connectivity index is 1.80. The van der Waals surface area contributed by atoms with Crippen LogP contribution in [0.15, 0.2) is 30.5 Å². The number of nitrogens with one attached hydrogen (secondary N) is 2. The summed E-state index contributed by atoms with van der Waals surface area (Å²) in [6, 6.07) is 4.28. The second kappa shape index (κ2) is 9.65. The van der Waals surface area contributed by atoms with Crippen molar-refractivity contribution in [3.8, 4) is 11.5 Å². The second-order valence-electron chi connectivity index (χ2n) is 7.10. The Morgan fingerprint density at radius 3 is 2.86 bits per heavy atom. The van der Waals surface area contributed by atoms with Crippen molar-refractivity contribution in [2.24, 2.45) is 5.92 Å². The van der Waals surface area contributed by atoms with E-state index in [0.29, 0.717) is 36.0 Å². The SMILES string of the molecule is C=C1NC(=O)N[C@@H](c2ccc(OCCC)c(OC)c2)[C@@H]1C(=O)OC[C@@H]1CCCO1. The molecule has 2 aliphatic heterocycles. The van der Waals surface area contributed by atoms with Gasteiger partial charge in [0.1, 0.15) is 12.5 Å². The molecule has 2 amide bonds. The number of amides is 2. The van der Waals surface area contributed by atoms with E-state index >= 15 is 0 Å². The second-order valence-corrected chi connectivity index (χ2v) is 7.10. The molecule has 2 aliphatic rings. The molecule has 3 atom stereocenters. The van der Waals surface area contributed by atoms with Crippen LogP contribution in [0.1, 0.15) is 37.8 Å². The van der Waals surface area contributed by atoms with Gasteiger partial charge in [-0.2, -0.15) is 0 Å². The summed E-state index contributed by atoms with van der Waals surface area (Å²) in [7, 11) is 1.55. The van der Waals surface area contributed by atoms with Crippen molar-refractivity contribution in [2.45, 2.75) is 38.3 Å². The number of hydrogen-bond donors (Lipinski definition) is 2. The van der Waals surface area contributed by atoms with Crippen molar-refractivity contribution >= 4 is 12.0 Å². The summed E-state index contributed by atoms with van der Waals surface area (Å²) in [6.45, 7) is 7.32. The van der Waals surface area contributed by atoms with Crippen LogP contribution in [0.2, 0.25) is 0 Å². The van der Waals surface area contributed by atoms with Crippen LogP contribution >= 0.6 is 0 Å². The predicted molar refractivity (Wildman–Crippen MR) is 106 cm³/mol. The number of urea groups is 1. The van der Waals surface area contributed by atoms with Crippen LogP contribution in [0, 0.1) is 5.92 Å². The predicted octanol–water partition coefficient (Wildman–Crippen LogP) is 2.69. The molecule has 3 rings (SSSR count). The number of benzene rings is 1. The molecule has 8 nitrogen and oxygen atoms in total. The minimum Gasteiger partial charge on any atom is -0.493 e. The maximum absolute atomic E-state index is 12.8. The van der Waals surface area contributed by atoms with Gasteiger partial charge >= 0.3 is 12.0 Å². The monoisotopic (exact) mass is 404 g/mol. The van der Waals surface area contributed by atoms with Crippen LogP contribution in [-0.2, 0) is 14.3 Å². The van der Waals surface area contributed by atoms with E-state index in [4.69, 9.17) is 18.9 Å². The van der Waals surface area contributed by atoms with Crippen molar-refractivity contribution in [1.82, 2.24) is 10.6 Å². The quantitative estimate of drug-likeness (QED) is 0.647. The molecule has 2 heterocycles. The van der Waals surface area contributed by atoms with Gasteiger partial charge in [0.2, 0.25) is 0 Å². The Morgan fingerprint density at radius 1 is 1.34 bits per heavy atom. The van der Waals surface area contributed by atoms with Gasteiger partial charge in [-0.15, -0.1) is 0 Å². The summed E-state index contributed by atoms with van der Waals surface area (Å²) in [4.78, 5) is 24.9. The Hall–Kier alpha value is -2.74. The first kappa shape index (κ1) is 21.0. The Kier molecular flexibility index (Phi) is 6.98. The van der Waals surface area contributed by atoms with Gasteiger partial charge in [0.15, 0.2) is 11.5 Å². The number of ether oxygens (including phenoxy) is 4. The summed E-state index contributed by atoms with van der Waals surface area (Å²) in [5.74, 6) is -0.106. The van der Waals surface area contributed by atoms with Gasteiger partial charge in [0, 0.05) is 12.3 Å². The van der Waals surface area contributed by atoms with E-state index in [-0.39, 0.29) is 12.7 Å². The zero-order valence-corrected chi connectivity index (χ0v) is 16.9. The molecule has 1 aromatic carbocycles. The van der Waals surface area contributed by atoms with Gasteiger partial charge in [-0.05, 0) is 37.0 Å². The first-order valence-corrected chi connectivity index (χ1v) is 9.88. The molecule has 0 spiro atoms. The van der Waals surface area contributed by atoms with Crippen LogP contribution in [-0.4, -0.2) is 45.0 Å². The van der Waals surface area contributed by atoms with Crippen molar-refractivity contribution in [3.05, 3.63) is 36.0 Å². The van der Waals surface area contributed by atoms with E-state index in [1.807, 2.05) is 6.92 Å². The summed E-state index contributed by atoms with van der Waals surface area (Å²) in [5.41, 5.74) is 0.988. The lowest BCUT2D eigenvalue weighted by Gasteiger charge is -2.33. The fraction of sp³-hybridized carbons (Fsp3) is 0.524. The largest absolute Gasteiger partial charge is 0.493 e. The van der Waals surface area contributed by atoms with Crippen molar-refractivity contribution < 1.29 is 28.5 Å². The number of methoxy groups -OCH3 is 1. The molecule has 29 heavy (non-hydrogen) atoms. The van der Waals surface area contributed by atoms with E-state index < -0.39 is 24.0 Å². The average molecular weight is 404 g/mol. The lowest BCUT2D eigenvalue weighted by Crippen LogP contribution is -2.51. The minimum absolute atomic E-state index is 0.0769. The highest BCUT2D eigenvalue weighted by Gasteiger charge is 2.39. The Bertz CT molecular complexity index is 760. The third-order valence-electron chi connectivity index (χ3n) is 4.97. The third-order valence-corrected chi connectivity index (χ3v) is 4.97. The Labute approximate surface area is 170 Å². The molecule has 2 saturated heterocycles. The van der Waals surface area contributed by atoms with Crippen LogP contribution in [0.4, 0.5) is 4.79 Å². The van der Waals surface area contributed by atoms with Gasteiger partial charge in [0.05, 0.1) is 25.9 Å². The molecule has 0 saturated carbocycles. The molecule has 0 unspecified atom stereocenters. The van der Waals surface area contributed by atoms with Crippen LogP contribution < -0.4 is 20.1 Å². The number of rotatable bonds is 8. The standard InChI is InChI=1S/C21H28N2O6/c1-4-9-28-16-8-7-14(11-17(16)26-3)19-18(13(2)22-21(25)23-19)20(24)29-12-15-6-5-10-27-15/h7-8,11,15,18-19H,2,4-6,9-10,12H2,1,3H3,(H2,22,23,25)/t15-,18+,19-/m0/s1. The fourth-order valence-corrected chi connectivity index (χ4v) is 3.49. The summed E-state index contributed by atoms with van der Waals surface area (Å²) >= 11 is 0. The maximum atomic E-state index is 12.8. The van der Waals surface area contributed by atoms with Gasteiger partial charge in [-0.25, -0.2) is 4.79 Å². The molecule has 0 aliphatic carbocycles. The molecular formula is C21H28N2O6. The molecule has 1 aromatic rings. The number of carbonyl (C=O) groups is 2. The zero-order chi connectivity index (χ0) is 20.8. The number of esters is 1. The minimum atomic E-state index is -0.777. The van der Waals surface area contributed by atoms with Gasteiger partial charge in [-0.3, -0.25) is 4.79 Å². The molecule has 2 fully saturated rings. The summed E-state index contributed by atoms with van der Waals surface area (Å²) in [5, 5.41) is 5.37. The highest BCUT2D eigenvalue weighted by molar-refractivity contribution is 5.85. The molecular weight excluding hydrogens is 376 g/mol. The number of hydrogen-bond acceptors (Lipinski definition) is 6. The van der Waals surface area contributed by atoms with Crippen LogP contribution in [0.25, 0.3) is 0 Å². The molecule has 8 heteroatoms. The topological polar surface area (TPSA) is 95.1 Å². The third kappa shape index (κ3) is 5.00. The molecule has 158 valence electrons. The molecule has 0 aromatic heterocycles. The molecule has 0 radical (unpaired) electrons. The highest BCUT2D eigenvalue weighted by Crippen LogP contribution is 2.36. The van der Waals surface area contributed by atoms with Crippen LogP contribution in [0.5, 0.6) is 11.5 Å². The van der Waals surface area contributed by atoms with Gasteiger partial charge in [0.25, 0.3) is 0 Å². The molecule has 0 bridgehead atoms. The maximum Gasteiger partial charge on any atom is 0.319 e. The van der Waals surface area contributed by atoms with E-state index in [2.05, 4.69) is 17.2 Å². The van der Waals surface area contributed by atoms with E-state index in [1.54, 1.807) is 25.3 Å². The van der Waals surface area contributed by atoms with Gasteiger partial charge in [-0.1, -0.05) is 19.6 Å². The highest BCUT2D eigenvalue weighted by atomic mass is 16.6. The van der Waals surface area contributed by atoms with Crippen molar-refractivity contribution in [2.75, 3.05) is 26.9 Å². The first-order chi connectivity index (χ1) is 14.0. The summed E-state index contributed by atoms with van der Waals surface area (Å²) < 4.78 is 22.1. The average Bonchev–Trinajstić information content (AvgIpc) is 3.23. The normalized spacial score (nSPS) is 23.9.